The number of aryl methyl sites for hydroxylation is 1. The molecule has 3 aromatic carbocycles. The first kappa shape index (κ1) is 20.6. The van der Waals surface area contributed by atoms with E-state index in [9.17, 15) is 16.8 Å². The number of rotatable bonds is 7. The first-order valence-corrected chi connectivity index (χ1v) is 11.4. The first-order valence-electron chi connectivity index (χ1n) is 8.48. The van der Waals surface area contributed by atoms with Crippen molar-refractivity contribution in [2.75, 3.05) is 0 Å². The highest BCUT2D eigenvalue weighted by Gasteiger charge is 2.18. The van der Waals surface area contributed by atoms with E-state index in [1.54, 1.807) is 48.5 Å². The molecule has 0 amide bonds. The fourth-order valence-electron chi connectivity index (χ4n) is 2.35. The van der Waals surface area contributed by atoms with Gasteiger partial charge in [-0.3, -0.25) is 0 Å². The van der Waals surface area contributed by atoms with Crippen molar-refractivity contribution in [1.29, 1.82) is 0 Å². The Balaban J connectivity index is 1.80. The van der Waals surface area contributed by atoms with Crippen molar-refractivity contribution in [2.45, 2.75) is 16.7 Å². The van der Waals surface area contributed by atoms with Gasteiger partial charge in [0.1, 0.15) is 4.90 Å². The second-order valence-corrected chi connectivity index (χ2v) is 9.26. The highest BCUT2D eigenvalue weighted by molar-refractivity contribution is 7.89. The molecule has 0 aliphatic heterocycles. The summed E-state index contributed by atoms with van der Waals surface area (Å²) in [7, 11) is -7.88. The van der Waals surface area contributed by atoms with Crippen LogP contribution in [-0.4, -0.2) is 23.1 Å². The quantitative estimate of drug-likeness (QED) is 0.353. The molecular formula is C20H18N2O5S2. The fourth-order valence-corrected chi connectivity index (χ4v) is 4.12. The lowest BCUT2D eigenvalue weighted by Crippen LogP contribution is -2.18. The zero-order valence-corrected chi connectivity index (χ0v) is 17.0. The number of nitrogens with one attached hydrogen (secondary N) is 1. The zero-order chi connectivity index (χ0) is 20.9. The molecule has 9 heteroatoms. The minimum Gasteiger partial charge on any atom is -0.378 e. The number of hydrogen-bond acceptors (Lipinski definition) is 6. The van der Waals surface area contributed by atoms with Crippen molar-refractivity contribution >= 4 is 26.4 Å². The predicted octanol–water partition coefficient (Wildman–Crippen LogP) is 3.08. The molecule has 1 N–H and O–H groups in total. The zero-order valence-electron chi connectivity index (χ0n) is 15.4. The molecule has 7 nitrogen and oxygen atoms in total. The van der Waals surface area contributed by atoms with Gasteiger partial charge in [0.05, 0.1) is 11.1 Å². The van der Waals surface area contributed by atoms with Gasteiger partial charge in [-0.2, -0.15) is 21.9 Å². The van der Waals surface area contributed by atoms with E-state index in [4.69, 9.17) is 4.18 Å². The van der Waals surface area contributed by atoms with Gasteiger partial charge in [0.15, 0.2) is 5.75 Å². The van der Waals surface area contributed by atoms with E-state index in [0.29, 0.717) is 5.56 Å². The van der Waals surface area contributed by atoms with E-state index >= 15 is 0 Å². The van der Waals surface area contributed by atoms with Crippen LogP contribution in [0.15, 0.2) is 93.8 Å². The molecule has 0 spiro atoms. The molecule has 0 saturated heterocycles. The molecule has 150 valence electrons. The maximum absolute atomic E-state index is 12.5. The number of sulfonamides is 1. The first-order chi connectivity index (χ1) is 13.8. The molecule has 0 heterocycles. The summed E-state index contributed by atoms with van der Waals surface area (Å²) in [5.41, 5.74) is 1.21. The number of benzene rings is 3. The van der Waals surface area contributed by atoms with Gasteiger partial charge < -0.3 is 4.18 Å². The van der Waals surface area contributed by atoms with Gasteiger partial charge in [0.25, 0.3) is 10.0 Å². The van der Waals surface area contributed by atoms with E-state index in [0.717, 1.165) is 5.56 Å². The Bertz CT molecular complexity index is 1220. The van der Waals surface area contributed by atoms with Gasteiger partial charge >= 0.3 is 10.1 Å². The van der Waals surface area contributed by atoms with Gasteiger partial charge in [-0.05, 0) is 43.3 Å². The van der Waals surface area contributed by atoms with Gasteiger partial charge in [-0.1, -0.05) is 48.0 Å². The Morgan fingerprint density at radius 1 is 0.793 bits per heavy atom. The van der Waals surface area contributed by atoms with Crippen LogP contribution in [-0.2, 0) is 20.1 Å². The minimum atomic E-state index is -4.05. The Hall–Kier alpha value is -3.17. The Labute approximate surface area is 169 Å². The van der Waals surface area contributed by atoms with Gasteiger partial charge in [-0.15, -0.1) is 0 Å². The standard InChI is InChI=1S/C20H18N2O5S2/c1-16-11-13-19(14-12-16)29(25,26)27-20-10-6-5-7-17(20)15-21-22-28(23,24)18-8-3-2-4-9-18/h2-15,22H,1H3/b21-15-. The van der Waals surface area contributed by atoms with Crippen molar-refractivity contribution < 1.29 is 21.0 Å². The lowest BCUT2D eigenvalue weighted by atomic mass is 10.2. The summed E-state index contributed by atoms with van der Waals surface area (Å²) in [4.78, 5) is 2.16. The van der Waals surface area contributed by atoms with E-state index < -0.39 is 20.1 Å². The maximum Gasteiger partial charge on any atom is 0.339 e. The van der Waals surface area contributed by atoms with Crippen LogP contribution < -0.4 is 9.01 Å². The van der Waals surface area contributed by atoms with E-state index in [1.165, 1.54) is 36.5 Å². The number of hydrazone groups is 1. The monoisotopic (exact) mass is 430 g/mol. The number of nitrogens with zero attached hydrogens (tertiary/aromatic N) is 1. The van der Waals surface area contributed by atoms with Gasteiger partial charge in [-0.25, -0.2) is 4.83 Å². The van der Waals surface area contributed by atoms with Crippen molar-refractivity contribution in [3.05, 3.63) is 90.0 Å². The van der Waals surface area contributed by atoms with Gasteiger partial charge in [0, 0.05) is 5.56 Å². The van der Waals surface area contributed by atoms with Crippen molar-refractivity contribution in [3.63, 3.8) is 0 Å². The molecule has 3 rings (SSSR count). The molecule has 0 aromatic heterocycles. The molecule has 0 bridgehead atoms. The third-order valence-corrected chi connectivity index (χ3v) is 6.35. The SMILES string of the molecule is Cc1ccc(S(=O)(=O)Oc2ccccc2/C=N\NS(=O)(=O)c2ccccc2)cc1. The molecule has 0 aliphatic carbocycles. The second-order valence-electron chi connectivity index (χ2n) is 6.05. The van der Waals surface area contributed by atoms with Crippen LogP contribution in [0.1, 0.15) is 11.1 Å². The average Bonchev–Trinajstić information content (AvgIpc) is 2.70. The van der Waals surface area contributed by atoms with Crippen LogP contribution in [0.5, 0.6) is 5.75 Å². The summed E-state index contributed by atoms with van der Waals surface area (Å²) < 4.78 is 54.6. The summed E-state index contributed by atoms with van der Waals surface area (Å²) in [5.74, 6) is 0.0238. The number of hydrogen-bond donors (Lipinski definition) is 1. The van der Waals surface area contributed by atoms with Crippen LogP contribution in [0, 0.1) is 6.92 Å². The minimum absolute atomic E-state index is 0.0135. The highest BCUT2D eigenvalue weighted by atomic mass is 32.2. The molecule has 0 atom stereocenters. The third-order valence-electron chi connectivity index (χ3n) is 3.86. The summed E-state index contributed by atoms with van der Waals surface area (Å²) in [6.45, 7) is 1.85. The molecular weight excluding hydrogens is 412 g/mol. The predicted molar refractivity (Wildman–Crippen MR) is 110 cm³/mol. The van der Waals surface area contributed by atoms with Crippen molar-refractivity contribution in [1.82, 2.24) is 4.83 Å². The Morgan fingerprint density at radius 3 is 2.10 bits per heavy atom. The average molecular weight is 431 g/mol. The van der Waals surface area contributed by atoms with Crippen LogP contribution in [0.25, 0.3) is 0 Å². The van der Waals surface area contributed by atoms with Crippen molar-refractivity contribution in [2.24, 2.45) is 5.10 Å². The van der Waals surface area contributed by atoms with Crippen LogP contribution in [0.3, 0.4) is 0 Å². The Morgan fingerprint density at radius 2 is 1.41 bits per heavy atom. The molecule has 0 radical (unpaired) electrons. The molecule has 0 saturated carbocycles. The smallest absolute Gasteiger partial charge is 0.339 e. The Kier molecular flexibility index (Phi) is 6.00. The molecule has 0 aliphatic rings. The highest BCUT2D eigenvalue weighted by Crippen LogP contribution is 2.22. The summed E-state index contributed by atoms with van der Waals surface area (Å²) in [6.07, 6.45) is 1.18. The summed E-state index contributed by atoms with van der Waals surface area (Å²) in [6, 6.07) is 20.3. The molecule has 29 heavy (non-hydrogen) atoms. The fraction of sp³-hybridized carbons (Fsp3) is 0.0500. The van der Waals surface area contributed by atoms with Gasteiger partial charge in [0.2, 0.25) is 0 Å². The van der Waals surface area contributed by atoms with Crippen LogP contribution in [0.4, 0.5) is 0 Å². The lowest BCUT2D eigenvalue weighted by molar-refractivity contribution is 0.485. The maximum atomic E-state index is 12.5. The van der Waals surface area contributed by atoms with E-state index in [1.807, 2.05) is 6.92 Å². The summed E-state index contributed by atoms with van der Waals surface area (Å²) >= 11 is 0. The second kappa shape index (κ2) is 8.46. The molecule has 3 aromatic rings. The normalized spacial score (nSPS) is 12.0. The van der Waals surface area contributed by atoms with Crippen molar-refractivity contribution in [3.8, 4) is 5.75 Å². The van der Waals surface area contributed by atoms with Crippen LogP contribution >= 0.6 is 0 Å². The molecule has 0 unspecified atom stereocenters. The van der Waals surface area contributed by atoms with E-state index in [-0.39, 0.29) is 15.5 Å². The number of para-hydroxylation sites is 1. The third kappa shape index (κ3) is 5.21. The summed E-state index contributed by atoms with van der Waals surface area (Å²) in [5, 5.41) is 3.73. The largest absolute Gasteiger partial charge is 0.378 e. The topological polar surface area (TPSA) is 102 Å². The lowest BCUT2D eigenvalue weighted by Gasteiger charge is -2.09. The van der Waals surface area contributed by atoms with E-state index in [2.05, 4.69) is 9.93 Å². The molecule has 0 fully saturated rings. The van der Waals surface area contributed by atoms with Crippen LogP contribution in [0.2, 0.25) is 0 Å².